The zero-order valence-corrected chi connectivity index (χ0v) is 24.5. The lowest BCUT2D eigenvalue weighted by atomic mass is 9.89. The van der Waals surface area contributed by atoms with Crippen molar-refractivity contribution in [3.8, 4) is 5.75 Å². The summed E-state index contributed by atoms with van der Waals surface area (Å²) in [6, 6.07) is 31.3. The molecule has 1 N–H and O–H groups in total. The number of aliphatic carboxylic acids is 1. The van der Waals surface area contributed by atoms with Gasteiger partial charge in [0.05, 0.1) is 6.61 Å². The van der Waals surface area contributed by atoms with Gasteiger partial charge in [-0.2, -0.15) is 0 Å². The Morgan fingerprint density at radius 3 is 2.33 bits per heavy atom. The number of aryl methyl sites for hydroxylation is 1. The first-order valence-electron chi connectivity index (χ1n) is 14.6. The minimum atomic E-state index is -0.955. The van der Waals surface area contributed by atoms with Gasteiger partial charge in [-0.25, -0.2) is 4.79 Å². The highest BCUT2D eigenvalue weighted by atomic mass is 16.5. The SMILES string of the molecule is CCOC(Cc1ccc(OCCOC2c3ccc(C(C)c4ccccc4)cc3C=Cc3ccc(C)cc32)cc1)C(=O)O. The zero-order chi connectivity index (χ0) is 29.5. The summed E-state index contributed by atoms with van der Waals surface area (Å²) in [7, 11) is 0. The van der Waals surface area contributed by atoms with E-state index >= 15 is 0 Å². The summed E-state index contributed by atoms with van der Waals surface area (Å²) in [5.41, 5.74) is 9.26. The Morgan fingerprint density at radius 2 is 1.60 bits per heavy atom. The fourth-order valence-corrected chi connectivity index (χ4v) is 5.46. The number of rotatable bonds is 12. The van der Waals surface area contributed by atoms with Gasteiger partial charge in [0.25, 0.3) is 0 Å². The molecule has 0 radical (unpaired) electrons. The maximum absolute atomic E-state index is 11.4. The third-order valence-corrected chi connectivity index (χ3v) is 7.78. The maximum atomic E-state index is 11.4. The lowest BCUT2D eigenvalue weighted by Gasteiger charge is -2.23. The van der Waals surface area contributed by atoms with E-state index in [2.05, 4.69) is 92.7 Å². The molecule has 5 nitrogen and oxygen atoms in total. The highest BCUT2D eigenvalue weighted by molar-refractivity contribution is 5.77. The molecular weight excluding hydrogens is 524 g/mol. The second-order valence-electron chi connectivity index (χ2n) is 10.7. The molecule has 216 valence electrons. The normalized spacial score (nSPS) is 15.3. The highest BCUT2D eigenvalue weighted by Gasteiger charge is 2.24. The number of hydrogen-bond acceptors (Lipinski definition) is 4. The van der Waals surface area contributed by atoms with Crippen LogP contribution in [0.2, 0.25) is 0 Å². The van der Waals surface area contributed by atoms with Gasteiger partial charge in [0, 0.05) is 18.9 Å². The van der Waals surface area contributed by atoms with E-state index < -0.39 is 12.1 Å². The number of hydrogen-bond donors (Lipinski definition) is 1. The Balaban J connectivity index is 1.29. The van der Waals surface area contributed by atoms with Crippen LogP contribution in [-0.2, 0) is 20.7 Å². The Morgan fingerprint density at radius 1 is 0.833 bits per heavy atom. The van der Waals surface area contributed by atoms with Crippen LogP contribution in [0.1, 0.15) is 70.4 Å². The van der Waals surface area contributed by atoms with E-state index in [4.69, 9.17) is 14.2 Å². The molecule has 42 heavy (non-hydrogen) atoms. The number of fused-ring (bicyclic) bond motifs is 2. The molecule has 0 heterocycles. The van der Waals surface area contributed by atoms with Crippen LogP contribution in [0.25, 0.3) is 12.2 Å². The van der Waals surface area contributed by atoms with Gasteiger partial charge < -0.3 is 19.3 Å². The summed E-state index contributed by atoms with van der Waals surface area (Å²) < 4.78 is 17.9. The average Bonchev–Trinajstić information content (AvgIpc) is 3.15. The van der Waals surface area contributed by atoms with Crippen molar-refractivity contribution in [2.75, 3.05) is 19.8 Å². The molecule has 0 amide bonds. The van der Waals surface area contributed by atoms with Gasteiger partial charge in [-0.15, -0.1) is 0 Å². The molecule has 5 rings (SSSR count). The van der Waals surface area contributed by atoms with E-state index in [1.165, 1.54) is 16.7 Å². The van der Waals surface area contributed by atoms with Crippen molar-refractivity contribution in [2.45, 2.75) is 45.3 Å². The van der Waals surface area contributed by atoms with Gasteiger partial charge in [-0.3, -0.25) is 0 Å². The number of benzene rings is 4. The van der Waals surface area contributed by atoms with E-state index in [0.717, 1.165) is 27.8 Å². The third kappa shape index (κ3) is 6.99. The zero-order valence-electron chi connectivity index (χ0n) is 24.5. The fraction of sp³-hybridized carbons (Fsp3) is 0.270. The third-order valence-electron chi connectivity index (χ3n) is 7.78. The van der Waals surface area contributed by atoms with Crippen LogP contribution in [-0.4, -0.2) is 37.0 Å². The number of carboxylic acid groups (broad SMARTS) is 1. The average molecular weight is 563 g/mol. The van der Waals surface area contributed by atoms with Crippen molar-refractivity contribution in [1.29, 1.82) is 0 Å². The van der Waals surface area contributed by atoms with Crippen molar-refractivity contribution in [3.05, 3.63) is 136 Å². The van der Waals surface area contributed by atoms with E-state index in [1.54, 1.807) is 6.92 Å². The topological polar surface area (TPSA) is 65.0 Å². The summed E-state index contributed by atoms with van der Waals surface area (Å²) in [6.45, 7) is 7.31. The molecule has 0 bridgehead atoms. The molecule has 0 saturated carbocycles. The Kier molecular flexibility index (Phi) is 9.52. The van der Waals surface area contributed by atoms with Gasteiger partial charge >= 0.3 is 5.97 Å². The first kappa shape index (κ1) is 29.3. The second-order valence-corrected chi connectivity index (χ2v) is 10.7. The van der Waals surface area contributed by atoms with Gasteiger partial charge in [0.2, 0.25) is 0 Å². The van der Waals surface area contributed by atoms with E-state index in [1.807, 2.05) is 24.3 Å². The lowest BCUT2D eigenvalue weighted by Crippen LogP contribution is -2.26. The summed E-state index contributed by atoms with van der Waals surface area (Å²) in [5.74, 6) is 0.0405. The van der Waals surface area contributed by atoms with Gasteiger partial charge in [0.15, 0.2) is 6.10 Å². The molecule has 5 heteroatoms. The Hall–Kier alpha value is -4.19. The molecule has 0 aliphatic heterocycles. The predicted molar refractivity (Wildman–Crippen MR) is 167 cm³/mol. The van der Waals surface area contributed by atoms with Crippen LogP contribution in [0.3, 0.4) is 0 Å². The van der Waals surface area contributed by atoms with Crippen LogP contribution < -0.4 is 4.74 Å². The lowest BCUT2D eigenvalue weighted by molar-refractivity contribution is -0.149. The minimum absolute atomic E-state index is 0.219. The summed E-state index contributed by atoms with van der Waals surface area (Å²) in [4.78, 5) is 11.4. The molecule has 4 aromatic carbocycles. The van der Waals surface area contributed by atoms with Gasteiger partial charge in [-0.05, 0) is 64.9 Å². The van der Waals surface area contributed by atoms with E-state index in [-0.39, 0.29) is 12.0 Å². The van der Waals surface area contributed by atoms with Crippen molar-refractivity contribution >= 4 is 18.1 Å². The first-order valence-corrected chi connectivity index (χ1v) is 14.6. The Labute approximate surface area is 248 Å². The van der Waals surface area contributed by atoms with E-state index in [9.17, 15) is 9.90 Å². The van der Waals surface area contributed by atoms with Crippen LogP contribution in [0.4, 0.5) is 0 Å². The number of carboxylic acids is 1. The number of carbonyl (C=O) groups is 1. The monoisotopic (exact) mass is 562 g/mol. The summed E-state index contributed by atoms with van der Waals surface area (Å²) >= 11 is 0. The first-order chi connectivity index (χ1) is 20.4. The molecule has 0 spiro atoms. The molecule has 0 saturated heterocycles. The molecular formula is C37H38O5. The molecule has 1 aliphatic rings. The van der Waals surface area contributed by atoms with Crippen molar-refractivity contribution in [1.82, 2.24) is 0 Å². The predicted octanol–water partition coefficient (Wildman–Crippen LogP) is 7.85. The molecule has 3 atom stereocenters. The summed E-state index contributed by atoms with van der Waals surface area (Å²) in [6.07, 6.45) is 3.63. The molecule has 0 fully saturated rings. The number of ether oxygens (including phenoxy) is 3. The molecule has 0 aromatic heterocycles. The van der Waals surface area contributed by atoms with Crippen LogP contribution >= 0.6 is 0 Å². The van der Waals surface area contributed by atoms with Crippen molar-refractivity contribution < 1.29 is 24.1 Å². The van der Waals surface area contributed by atoms with Gasteiger partial charge in [0.1, 0.15) is 18.5 Å². The minimum Gasteiger partial charge on any atom is -0.491 e. The van der Waals surface area contributed by atoms with Gasteiger partial charge in [-0.1, -0.05) is 104 Å². The molecule has 3 unspecified atom stereocenters. The quantitative estimate of drug-likeness (QED) is 0.178. The fourth-order valence-electron chi connectivity index (χ4n) is 5.46. The van der Waals surface area contributed by atoms with Crippen LogP contribution in [0, 0.1) is 6.92 Å². The largest absolute Gasteiger partial charge is 0.491 e. The second kappa shape index (κ2) is 13.6. The molecule has 4 aromatic rings. The highest BCUT2D eigenvalue weighted by Crippen LogP contribution is 2.38. The standard InChI is InChI=1S/C37H38O5/c1-4-40-35(37(38)39)23-27-11-17-32(18-12-27)41-20-21-42-36-33-19-16-30(26(3)28-8-6-5-7-9-28)24-31(33)15-14-29-13-10-25(2)22-34(29)36/h5-19,22,24,26,35-36H,4,20-21,23H2,1-3H3,(H,38,39). The molecule has 1 aliphatic carbocycles. The smallest absolute Gasteiger partial charge is 0.333 e. The Bertz CT molecular complexity index is 1520. The van der Waals surface area contributed by atoms with Crippen LogP contribution in [0.15, 0.2) is 91.0 Å². The van der Waals surface area contributed by atoms with Crippen LogP contribution in [0.5, 0.6) is 5.75 Å². The van der Waals surface area contributed by atoms with Crippen molar-refractivity contribution in [3.63, 3.8) is 0 Å². The van der Waals surface area contributed by atoms with E-state index in [0.29, 0.717) is 32.0 Å². The maximum Gasteiger partial charge on any atom is 0.333 e. The van der Waals surface area contributed by atoms with Crippen molar-refractivity contribution in [2.24, 2.45) is 0 Å². The summed E-state index contributed by atoms with van der Waals surface area (Å²) in [5, 5.41) is 9.34.